The summed E-state index contributed by atoms with van der Waals surface area (Å²) in [5.41, 5.74) is 1.29. The summed E-state index contributed by atoms with van der Waals surface area (Å²) in [5, 5.41) is -0.247. The highest BCUT2D eigenvalue weighted by atomic mass is 32.2. The average molecular weight is 319 g/mol. The van der Waals surface area contributed by atoms with Gasteiger partial charge in [0.25, 0.3) is 5.56 Å². The summed E-state index contributed by atoms with van der Waals surface area (Å²) in [5.74, 6) is 0. The lowest BCUT2D eigenvalue weighted by atomic mass is 10.1. The highest BCUT2D eigenvalue weighted by Gasteiger charge is 2.35. The molecule has 116 valence electrons. The molecule has 7 heteroatoms. The summed E-state index contributed by atoms with van der Waals surface area (Å²) < 4.78 is 27.3. The Morgan fingerprint density at radius 2 is 1.95 bits per heavy atom. The maximum atomic E-state index is 12.1. The molecule has 0 unspecified atom stereocenters. The fourth-order valence-corrected chi connectivity index (χ4v) is 3.53. The molecular weight excluding hydrogens is 302 g/mol. The number of nitrogens with one attached hydrogen (secondary N) is 1. The minimum atomic E-state index is -3.21. The Morgan fingerprint density at radius 1 is 1.23 bits per heavy atom. The van der Waals surface area contributed by atoms with E-state index in [-0.39, 0.29) is 23.9 Å². The van der Waals surface area contributed by atoms with Crippen molar-refractivity contribution in [3.63, 3.8) is 0 Å². The summed E-state index contributed by atoms with van der Waals surface area (Å²) in [6, 6.07) is 10.9. The van der Waals surface area contributed by atoms with Gasteiger partial charge in [-0.15, -0.1) is 0 Å². The van der Waals surface area contributed by atoms with Crippen LogP contribution in [0, 0.1) is 0 Å². The smallest absolute Gasteiger partial charge is 0.253 e. The van der Waals surface area contributed by atoms with Gasteiger partial charge >= 0.3 is 0 Å². The average Bonchev–Trinajstić information content (AvgIpc) is 3.35. The van der Waals surface area contributed by atoms with E-state index in [9.17, 15) is 13.2 Å². The molecule has 22 heavy (non-hydrogen) atoms. The number of benzene rings is 1. The van der Waals surface area contributed by atoms with Gasteiger partial charge in [0.1, 0.15) is 0 Å². The van der Waals surface area contributed by atoms with Crippen LogP contribution in [0.3, 0.4) is 0 Å². The van der Waals surface area contributed by atoms with Crippen LogP contribution in [0.2, 0.25) is 0 Å². The van der Waals surface area contributed by atoms with E-state index >= 15 is 0 Å². The first-order chi connectivity index (χ1) is 10.6. The fourth-order valence-electron chi connectivity index (χ4n) is 2.17. The number of aromatic nitrogens is 2. The SMILES string of the molecule is O=c1cc(-c2ccccc2)ncn1CCNS(=O)(=O)C1CC1. The number of rotatable bonds is 6. The van der Waals surface area contributed by atoms with Gasteiger partial charge in [-0.1, -0.05) is 30.3 Å². The molecule has 0 saturated heterocycles. The molecule has 0 aliphatic heterocycles. The van der Waals surface area contributed by atoms with Crippen LogP contribution in [0.5, 0.6) is 0 Å². The third kappa shape index (κ3) is 3.42. The molecule has 1 saturated carbocycles. The number of sulfonamides is 1. The van der Waals surface area contributed by atoms with Crippen molar-refractivity contribution in [3.8, 4) is 11.3 Å². The first-order valence-electron chi connectivity index (χ1n) is 7.17. The first kappa shape index (κ1) is 14.9. The predicted molar refractivity (Wildman–Crippen MR) is 83.9 cm³/mol. The number of hydrogen-bond acceptors (Lipinski definition) is 4. The van der Waals surface area contributed by atoms with E-state index < -0.39 is 10.0 Å². The lowest BCUT2D eigenvalue weighted by Crippen LogP contribution is -2.32. The van der Waals surface area contributed by atoms with E-state index in [1.165, 1.54) is 17.0 Å². The van der Waals surface area contributed by atoms with Crippen LogP contribution >= 0.6 is 0 Å². The third-order valence-electron chi connectivity index (χ3n) is 3.57. The second kappa shape index (κ2) is 6.02. The van der Waals surface area contributed by atoms with Crippen molar-refractivity contribution in [2.24, 2.45) is 0 Å². The van der Waals surface area contributed by atoms with Gasteiger partial charge in [-0.05, 0) is 12.8 Å². The molecule has 1 aromatic carbocycles. The van der Waals surface area contributed by atoms with E-state index in [1.54, 1.807) is 0 Å². The molecule has 0 spiro atoms. The molecule has 1 aliphatic rings. The van der Waals surface area contributed by atoms with Crippen LogP contribution in [0.4, 0.5) is 0 Å². The van der Waals surface area contributed by atoms with Crippen molar-refractivity contribution >= 4 is 10.0 Å². The Balaban J connectivity index is 1.67. The van der Waals surface area contributed by atoms with Gasteiger partial charge in [0.15, 0.2) is 0 Å². The zero-order valence-corrected chi connectivity index (χ0v) is 12.8. The van der Waals surface area contributed by atoms with Crippen molar-refractivity contribution in [1.29, 1.82) is 0 Å². The molecule has 0 amide bonds. The highest BCUT2D eigenvalue weighted by molar-refractivity contribution is 7.90. The fraction of sp³-hybridized carbons (Fsp3) is 0.333. The van der Waals surface area contributed by atoms with Crippen molar-refractivity contribution in [1.82, 2.24) is 14.3 Å². The van der Waals surface area contributed by atoms with E-state index in [0.717, 1.165) is 18.4 Å². The van der Waals surface area contributed by atoms with Crippen LogP contribution in [-0.2, 0) is 16.6 Å². The number of hydrogen-bond donors (Lipinski definition) is 1. The van der Waals surface area contributed by atoms with Gasteiger partial charge in [-0.2, -0.15) is 0 Å². The molecule has 1 N–H and O–H groups in total. The standard InChI is InChI=1S/C15H17N3O3S/c19-15-10-14(12-4-2-1-3-5-12)16-11-18(15)9-8-17-22(20,21)13-6-7-13/h1-5,10-11,13,17H,6-9H2. The predicted octanol–water partition coefficient (Wildman–Crippen LogP) is 0.992. The molecule has 1 aromatic heterocycles. The third-order valence-corrected chi connectivity index (χ3v) is 5.52. The van der Waals surface area contributed by atoms with Crippen LogP contribution < -0.4 is 10.3 Å². The molecule has 0 atom stereocenters. The van der Waals surface area contributed by atoms with Crippen molar-refractivity contribution in [2.45, 2.75) is 24.6 Å². The lowest BCUT2D eigenvalue weighted by Gasteiger charge is -2.08. The molecule has 3 rings (SSSR count). The normalized spacial score (nSPS) is 14.9. The monoisotopic (exact) mass is 319 g/mol. The van der Waals surface area contributed by atoms with E-state index in [0.29, 0.717) is 5.69 Å². The van der Waals surface area contributed by atoms with Crippen molar-refractivity contribution in [2.75, 3.05) is 6.54 Å². The van der Waals surface area contributed by atoms with Gasteiger partial charge in [-0.3, -0.25) is 9.36 Å². The molecule has 0 bridgehead atoms. The maximum absolute atomic E-state index is 12.1. The summed E-state index contributed by atoms with van der Waals surface area (Å²) in [4.78, 5) is 16.3. The minimum Gasteiger partial charge on any atom is -0.298 e. The van der Waals surface area contributed by atoms with Crippen LogP contribution in [0.15, 0.2) is 47.5 Å². The van der Waals surface area contributed by atoms with Gasteiger partial charge in [-0.25, -0.2) is 18.1 Å². The zero-order chi connectivity index (χ0) is 15.6. The second-order valence-corrected chi connectivity index (χ2v) is 7.36. The van der Waals surface area contributed by atoms with Gasteiger partial charge < -0.3 is 0 Å². The summed E-state index contributed by atoms with van der Waals surface area (Å²) >= 11 is 0. The lowest BCUT2D eigenvalue weighted by molar-refractivity contribution is 0.567. The Bertz CT molecular complexity index is 811. The largest absolute Gasteiger partial charge is 0.298 e. The highest BCUT2D eigenvalue weighted by Crippen LogP contribution is 2.27. The Hall–Kier alpha value is -1.99. The van der Waals surface area contributed by atoms with Crippen molar-refractivity contribution < 1.29 is 8.42 Å². The topological polar surface area (TPSA) is 81.1 Å². The van der Waals surface area contributed by atoms with Crippen LogP contribution in [0.1, 0.15) is 12.8 Å². The second-order valence-electron chi connectivity index (χ2n) is 5.31. The number of nitrogens with zero attached hydrogens (tertiary/aromatic N) is 2. The summed E-state index contributed by atoms with van der Waals surface area (Å²) in [7, 11) is -3.21. The quantitative estimate of drug-likeness (QED) is 0.861. The molecule has 0 radical (unpaired) electrons. The summed E-state index contributed by atoms with van der Waals surface area (Å²) in [6.07, 6.45) is 2.90. The molecule has 2 aromatic rings. The van der Waals surface area contributed by atoms with Gasteiger partial charge in [0.2, 0.25) is 10.0 Å². The Kier molecular flexibility index (Phi) is 4.08. The van der Waals surface area contributed by atoms with Gasteiger partial charge in [0.05, 0.1) is 17.3 Å². The Labute approximate surface area is 128 Å². The van der Waals surface area contributed by atoms with E-state index in [2.05, 4.69) is 9.71 Å². The maximum Gasteiger partial charge on any atom is 0.253 e. The zero-order valence-electron chi connectivity index (χ0n) is 12.0. The van der Waals surface area contributed by atoms with Crippen LogP contribution in [0.25, 0.3) is 11.3 Å². The van der Waals surface area contributed by atoms with Gasteiger partial charge in [0, 0.05) is 24.7 Å². The molecule has 1 heterocycles. The molecule has 1 fully saturated rings. The van der Waals surface area contributed by atoms with E-state index in [4.69, 9.17) is 0 Å². The minimum absolute atomic E-state index is 0.195. The molecule has 1 aliphatic carbocycles. The summed E-state index contributed by atoms with van der Waals surface area (Å²) in [6.45, 7) is 0.470. The van der Waals surface area contributed by atoms with Crippen molar-refractivity contribution in [3.05, 3.63) is 53.1 Å². The Morgan fingerprint density at radius 3 is 2.59 bits per heavy atom. The molecule has 6 nitrogen and oxygen atoms in total. The van der Waals surface area contributed by atoms with E-state index in [1.807, 2.05) is 30.3 Å². The molecular formula is C15H17N3O3S. The van der Waals surface area contributed by atoms with Crippen LogP contribution in [-0.4, -0.2) is 29.8 Å². The first-order valence-corrected chi connectivity index (χ1v) is 8.71.